The van der Waals surface area contributed by atoms with Crippen LogP contribution in [0.3, 0.4) is 0 Å². The van der Waals surface area contributed by atoms with Gasteiger partial charge < -0.3 is 23.7 Å². The first kappa shape index (κ1) is 12.3. The number of rotatable bonds is 4. The second kappa shape index (κ2) is 4.97. The Morgan fingerprint density at radius 3 is 2.78 bits per heavy atom. The van der Waals surface area contributed by atoms with Crippen LogP contribution in [0.2, 0.25) is 0 Å². The van der Waals surface area contributed by atoms with E-state index in [0.29, 0.717) is 11.1 Å². The summed E-state index contributed by atoms with van der Waals surface area (Å²) in [5.74, 6) is 0.103. The van der Waals surface area contributed by atoms with Crippen molar-refractivity contribution in [2.24, 2.45) is 0 Å². The zero-order valence-corrected chi connectivity index (χ0v) is 9.93. The van der Waals surface area contributed by atoms with E-state index in [4.69, 9.17) is 18.6 Å². The average Bonchev–Trinajstić information content (AvgIpc) is 2.38. The first-order valence-electron chi connectivity index (χ1n) is 5.13. The van der Waals surface area contributed by atoms with Gasteiger partial charge in [-0.15, -0.1) is 0 Å². The number of methoxy groups -OCH3 is 2. The molecule has 0 amide bonds. The van der Waals surface area contributed by atoms with E-state index in [2.05, 4.69) is 0 Å². The molecule has 2 aromatic rings. The molecule has 6 nitrogen and oxygen atoms in total. The Labute approximate surface area is 102 Å². The maximum Gasteiger partial charge on any atom is 0.336 e. The molecule has 18 heavy (non-hydrogen) atoms. The highest BCUT2D eigenvalue weighted by Crippen LogP contribution is 2.42. The molecular weight excluding hydrogens is 240 g/mol. The van der Waals surface area contributed by atoms with Crippen molar-refractivity contribution in [3.8, 4) is 17.2 Å². The SMILES string of the molecule is COCOc1c(OC)cc2ccc(=O)oc2c1O. The van der Waals surface area contributed by atoms with Crippen molar-refractivity contribution in [3.05, 3.63) is 28.6 Å². The van der Waals surface area contributed by atoms with Crippen LogP contribution in [0.5, 0.6) is 17.2 Å². The summed E-state index contributed by atoms with van der Waals surface area (Å²) in [7, 11) is 2.89. The third-order valence-corrected chi connectivity index (χ3v) is 2.35. The van der Waals surface area contributed by atoms with Crippen molar-refractivity contribution in [1.29, 1.82) is 0 Å². The molecule has 0 saturated heterocycles. The topological polar surface area (TPSA) is 78.1 Å². The molecule has 0 bridgehead atoms. The predicted molar refractivity (Wildman–Crippen MR) is 63.2 cm³/mol. The molecule has 0 fully saturated rings. The largest absolute Gasteiger partial charge is 0.502 e. The predicted octanol–water partition coefficient (Wildman–Crippen LogP) is 1.49. The highest BCUT2D eigenvalue weighted by Gasteiger charge is 2.17. The van der Waals surface area contributed by atoms with Crippen LogP contribution in [0, 0.1) is 0 Å². The van der Waals surface area contributed by atoms with Crippen LogP contribution in [0.1, 0.15) is 0 Å². The van der Waals surface area contributed by atoms with Gasteiger partial charge in [0.25, 0.3) is 0 Å². The van der Waals surface area contributed by atoms with E-state index in [9.17, 15) is 9.90 Å². The van der Waals surface area contributed by atoms with E-state index in [0.717, 1.165) is 0 Å². The lowest BCUT2D eigenvalue weighted by molar-refractivity contribution is 0.0472. The summed E-state index contributed by atoms with van der Waals surface area (Å²) in [6, 6.07) is 4.39. The van der Waals surface area contributed by atoms with Crippen LogP contribution in [-0.4, -0.2) is 26.1 Å². The molecule has 0 spiro atoms. The second-order valence-electron chi connectivity index (χ2n) is 3.48. The molecular formula is C12H12O6. The minimum atomic E-state index is -0.555. The van der Waals surface area contributed by atoms with E-state index in [-0.39, 0.29) is 23.9 Å². The summed E-state index contributed by atoms with van der Waals surface area (Å²) in [5.41, 5.74) is -0.505. The Morgan fingerprint density at radius 1 is 1.33 bits per heavy atom. The number of ether oxygens (including phenoxy) is 3. The molecule has 1 N–H and O–H groups in total. The fourth-order valence-corrected chi connectivity index (χ4v) is 1.56. The van der Waals surface area contributed by atoms with Crippen molar-refractivity contribution in [3.63, 3.8) is 0 Å². The van der Waals surface area contributed by atoms with E-state index >= 15 is 0 Å². The third kappa shape index (κ3) is 2.10. The monoisotopic (exact) mass is 252 g/mol. The molecule has 1 aromatic carbocycles. The van der Waals surface area contributed by atoms with Crippen LogP contribution >= 0.6 is 0 Å². The lowest BCUT2D eigenvalue weighted by Crippen LogP contribution is -2.02. The molecule has 0 aliphatic carbocycles. The lowest BCUT2D eigenvalue weighted by Gasteiger charge is -2.12. The number of phenols is 1. The van der Waals surface area contributed by atoms with Crippen molar-refractivity contribution in [2.75, 3.05) is 21.0 Å². The molecule has 0 aliphatic heterocycles. The molecule has 0 aliphatic rings. The third-order valence-electron chi connectivity index (χ3n) is 2.35. The quantitative estimate of drug-likeness (QED) is 0.656. The standard InChI is InChI=1S/C12H12O6/c1-15-6-17-12-8(16-2)5-7-3-4-9(13)18-11(7)10(12)14/h3-5,14H,6H2,1-2H3. The van der Waals surface area contributed by atoms with Gasteiger partial charge in [-0.2, -0.15) is 0 Å². The van der Waals surface area contributed by atoms with Gasteiger partial charge in [0.2, 0.25) is 11.5 Å². The van der Waals surface area contributed by atoms with E-state index in [1.807, 2.05) is 0 Å². The number of phenolic OH excluding ortho intramolecular Hbond substituents is 1. The maximum atomic E-state index is 11.1. The molecule has 96 valence electrons. The second-order valence-corrected chi connectivity index (χ2v) is 3.48. The Morgan fingerprint density at radius 2 is 2.11 bits per heavy atom. The van der Waals surface area contributed by atoms with Crippen LogP contribution in [0.15, 0.2) is 27.4 Å². The van der Waals surface area contributed by atoms with Crippen molar-refractivity contribution in [1.82, 2.24) is 0 Å². The molecule has 0 saturated carbocycles. The van der Waals surface area contributed by atoms with E-state index < -0.39 is 5.63 Å². The summed E-state index contributed by atoms with van der Waals surface area (Å²) in [4.78, 5) is 11.1. The summed E-state index contributed by atoms with van der Waals surface area (Å²) in [6.07, 6.45) is 0. The van der Waals surface area contributed by atoms with Gasteiger partial charge in [0.15, 0.2) is 18.1 Å². The van der Waals surface area contributed by atoms with E-state index in [1.165, 1.54) is 26.4 Å². The zero-order valence-electron chi connectivity index (χ0n) is 9.93. The average molecular weight is 252 g/mol. The van der Waals surface area contributed by atoms with Gasteiger partial charge in [-0.3, -0.25) is 0 Å². The fourth-order valence-electron chi connectivity index (χ4n) is 1.56. The number of hydrogen-bond acceptors (Lipinski definition) is 6. The maximum absolute atomic E-state index is 11.1. The fraction of sp³-hybridized carbons (Fsp3) is 0.250. The Kier molecular flexibility index (Phi) is 3.38. The smallest absolute Gasteiger partial charge is 0.336 e. The van der Waals surface area contributed by atoms with Gasteiger partial charge in [0, 0.05) is 18.6 Å². The van der Waals surface area contributed by atoms with Crippen molar-refractivity contribution in [2.45, 2.75) is 0 Å². The summed E-state index contributed by atoms with van der Waals surface area (Å²) in [6.45, 7) is -0.0630. The van der Waals surface area contributed by atoms with Crippen LogP contribution in [-0.2, 0) is 4.74 Å². The number of benzene rings is 1. The number of hydrogen-bond donors (Lipinski definition) is 1. The molecule has 2 rings (SSSR count). The molecule has 0 radical (unpaired) electrons. The summed E-state index contributed by atoms with van der Waals surface area (Å²) in [5, 5.41) is 10.6. The highest BCUT2D eigenvalue weighted by molar-refractivity contribution is 5.87. The minimum absolute atomic E-state index is 0.0504. The minimum Gasteiger partial charge on any atom is -0.502 e. The lowest BCUT2D eigenvalue weighted by atomic mass is 10.2. The summed E-state index contributed by atoms with van der Waals surface area (Å²) >= 11 is 0. The van der Waals surface area contributed by atoms with Crippen molar-refractivity contribution >= 4 is 11.0 Å². The molecule has 1 heterocycles. The normalized spacial score (nSPS) is 10.6. The molecule has 6 heteroatoms. The van der Waals surface area contributed by atoms with Gasteiger partial charge in [0.1, 0.15) is 0 Å². The molecule has 1 aromatic heterocycles. The van der Waals surface area contributed by atoms with Crippen molar-refractivity contribution < 1.29 is 23.7 Å². The molecule has 0 unspecified atom stereocenters. The van der Waals surface area contributed by atoms with Gasteiger partial charge in [-0.25, -0.2) is 4.79 Å². The first-order valence-corrected chi connectivity index (χ1v) is 5.13. The van der Waals surface area contributed by atoms with Crippen LogP contribution in [0.4, 0.5) is 0 Å². The first-order chi connectivity index (χ1) is 8.67. The number of aromatic hydroxyl groups is 1. The van der Waals surface area contributed by atoms with Gasteiger partial charge in [-0.1, -0.05) is 0 Å². The van der Waals surface area contributed by atoms with Crippen LogP contribution in [0.25, 0.3) is 11.0 Å². The Bertz CT molecular complexity index is 616. The van der Waals surface area contributed by atoms with E-state index in [1.54, 1.807) is 6.07 Å². The van der Waals surface area contributed by atoms with Gasteiger partial charge in [-0.05, 0) is 12.1 Å². The molecule has 0 atom stereocenters. The number of fused-ring (bicyclic) bond motifs is 1. The summed E-state index contributed by atoms with van der Waals surface area (Å²) < 4.78 is 20.0. The van der Waals surface area contributed by atoms with Crippen LogP contribution < -0.4 is 15.1 Å². The van der Waals surface area contributed by atoms with Gasteiger partial charge in [0.05, 0.1) is 7.11 Å². The van der Waals surface area contributed by atoms with Gasteiger partial charge >= 0.3 is 5.63 Å². The highest BCUT2D eigenvalue weighted by atomic mass is 16.7. The Balaban J connectivity index is 2.66. The zero-order chi connectivity index (χ0) is 13.1. The Hall–Kier alpha value is -2.21.